The molecule has 0 bridgehead atoms. The van der Waals surface area contributed by atoms with E-state index in [9.17, 15) is 9.59 Å². The van der Waals surface area contributed by atoms with E-state index < -0.39 is 12.1 Å². The first-order chi connectivity index (χ1) is 21.7. The predicted molar refractivity (Wildman–Crippen MR) is 175 cm³/mol. The minimum atomic E-state index is -0.715. The Morgan fingerprint density at radius 1 is 1.02 bits per heavy atom. The molecule has 0 spiro atoms. The number of nitrogens with zero attached hydrogens (tertiary/aromatic N) is 6. The van der Waals surface area contributed by atoms with E-state index in [2.05, 4.69) is 37.4 Å². The maximum Gasteiger partial charge on any atom is 0.255 e. The van der Waals surface area contributed by atoms with Gasteiger partial charge in [0.25, 0.3) is 5.91 Å². The van der Waals surface area contributed by atoms with Gasteiger partial charge in [0, 0.05) is 63.1 Å². The van der Waals surface area contributed by atoms with Crippen LogP contribution in [0.2, 0.25) is 10.0 Å². The summed E-state index contributed by atoms with van der Waals surface area (Å²) in [6.07, 6.45) is 3.32. The SMILES string of the molecule is C[C@H](C(=O)N[C@H](C)c1nc(N2CCN(C)CC2)ccc1Cl)N1Cc2ccc(-c3nc(NC4CCOCC4)ncc3Cl)cc2C1=O. The number of benzene rings is 1. The van der Waals surface area contributed by atoms with Crippen molar-refractivity contribution in [3.8, 4) is 11.3 Å². The first-order valence-corrected chi connectivity index (χ1v) is 16.1. The Balaban J connectivity index is 1.13. The third kappa shape index (κ3) is 6.86. The molecular weight excluding hydrogens is 615 g/mol. The number of rotatable bonds is 8. The molecule has 2 saturated heterocycles. The van der Waals surface area contributed by atoms with Crippen LogP contribution in [0.5, 0.6) is 0 Å². The summed E-state index contributed by atoms with van der Waals surface area (Å²) in [5.41, 5.74) is 3.21. The number of aromatic nitrogens is 3. The Morgan fingerprint density at radius 2 is 1.78 bits per heavy atom. The first kappa shape index (κ1) is 31.5. The fraction of sp³-hybridized carbons (Fsp3) is 0.469. The van der Waals surface area contributed by atoms with Crippen LogP contribution in [0.3, 0.4) is 0 Å². The van der Waals surface area contributed by atoms with E-state index in [-0.39, 0.29) is 17.9 Å². The van der Waals surface area contributed by atoms with Crippen LogP contribution in [0.25, 0.3) is 11.3 Å². The third-order valence-corrected chi connectivity index (χ3v) is 9.41. The molecular formula is C32H38Cl2N8O3. The average molecular weight is 654 g/mol. The summed E-state index contributed by atoms with van der Waals surface area (Å²) in [7, 11) is 2.11. The average Bonchev–Trinajstić information content (AvgIpc) is 3.38. The van der Waals surface area contributed by atoms with Crippen molar-refractivity contribution in [2.24, 2.45) is 0 Å². The Kier molecular flexibility index (Phi) is 9.41. The van der Waals surface area contributed by atoms with E-state index in [1.807, 2.05) is 31.2 Å². The molecule has 2 amide bonds. The predicted octanol–water partition coefficient (Wildman–Crippen LogP) is 4.41. The number of piperazine rings is 1. The molecule has 2 aromatic heterocycles. The lowest BCUT2D eigenvalue weighted by Crippen LogP contribution is -2.46. The van der Waals surface area contributed by atoms with Crippen LogP contribution in [0.1, 0.15) is 54.3 Å². The minimum Gasteiger partial charge on any atom is -0.381 e. The van der Waals surface area contributed by atoms with E-state index in [1.165, 1.54) is 0 Å². The Bertz CT molecular complexity index is 1580. The summed E-state index contributed by atoms with van der Waals surface area (Å²) < 4.78 is 5.44. The van der Waals surface area contributed by atoms with Crippen LogP contribution in [-0.4, -0.2) is 95.1 Å². The van der Waals surface area contributed by atoms with Gasteiger partial charge in [-0.15, -0.1) is 0 Å². The number of halogens is 2. The lowest BCUT2D eigenvalue weighted by atomic mass is 10.0. The van der Waals surface area contributed by atoms with Gasteiger partial charge in [0.1, 0.15) is 11.9 Å². The van der Waals surface area contributed by atoms with Crippen molar-refractivity contribution >= 4 is 46.8 Å². The summed E-state index contributed by atoms with van der Waals surface area (Å²) in [6.45, 7) is 8.98. The second-order valence-electron chi connectivity index (χ2n) is 12.0. The topological polar surface area (TPSA) is 116 Å². The third-order valence-electron chi connectivity index (χ3n) is 8.82. The lowest BCUT2D eigenvalue weighted by molar-refractivity contribution is -0.125. The van der Waals surface area contributed by atoms with Gasteiger partial charge in [0.15, 0.2) is 0 Å². The van der Waals surface area contributed by atoms with Gasteiger partial charge in [0.2, 0.25) is 11.9 Å². The summed E-state index contributed by atoms with van der Waals surface area (Å²) in [5.74, 6) is 0.821. The van der Waals surface area contributed by atoms with E-state index in [4.69, 9.17) is 32.9 Å². The molecule has 6 rings (SSSR count). The highest BCUT2D eigenvalue weighted by molar-refractivity contribution is 6.33. The minimum absolute atomic E-state index is 0.221. The lowest BCUT2D eigenvalue weighted by Gasteiger charge is -2.33. The van der Waals surface area contributed by atoms with Crippen LogP contribution in [0.4, 0.5) is 11.8 Å². The van der Waals surface area contributed by atoms with Crippen LogP contribution in [0.15, 0.2) is 36.5 Å². The van der Waals surface area contributed by atoms with Gasteiger partial charge < -0.3 is 30.1 Å². The van der Waals surface area contributed by atoms with E-state index >= 15 is 0 Å². The smallest absolute Gasteiger partial charge is 0.255 e. The number of fused-ring (bicyclic) bond motifs is 1. The summed E-state index contributed by atoms with van der Waals surface area (Å²) in [5, 5.41) is 7.27. The van der Waals surface area contributed by atoms with Crippen LogP contribution in [0, 0.1) is 0 Å². The molecule has 0 aliphatic carbocycles. The highest BCUT2D eigenvalue weighted by atomic mass is 35.5. The van der Waals surface area contributed by atoms with Crippen molar-refractivity contribution in [3.05, 3.63) is 63.4 Å². The quantitative estimate of drug-likeness (QED) is 0.365. The number of likely N-dealkylation sites (N-methyl/N-ethyl adjacent to an activating group) is 1. The van der Waals surface area contributed by atoms with Gasteiger partial charge in [-0.05, 0) is 57.5 Å². The van der Waals surface area contributed by atoms with Crippen LogP contribution < -0.4 is 15.5 Å². The summed E-state index contributed by atoms with van der Waals surface area (Å²) in [4.78, 5) is 47.0. The zero-order valence-electron chi connectivity index (χ0n) is 25.7. The number of hydrogen-bond donors (Lipinski definition) is 2. The van der Waals surface area contributed by atoms with E-state index in [0.717, 1.165) is 50.4 Å². The largest absolute Gasteiger partial charge is 0.381 e. The van der Waals surface area contributed by atoms with Crippen molar-refractivity contribution in [1.29, 1.82) is 0 Å². The maximum absolute atomic E-state index is 13.6. The number of ether oxygens (including phenoxy) is 1. The van der Waals surface area contributed by atoms with Crippen molar-refractivity contribution in [2.75, 3.05) is 56.7 Å². The second-order valence-corrected chi connectivity index (χ2v) is 12.8. The highest BCUT2D eigenvalue weighted by Gasteiger charge is 2.35. The Morgan fingerprint density at radius 3 is 2.53 bits per heavy atom. The van der Waals surface area contributed by atoms with Gasteiger partial charge in [-0.3, -0.25) is 9.59 Å². The van der Waals surface area contributed by atoms with Gasteiger partial charge >= 0.3 is 0 Å². The zero-order chi connectivity index (χ0) is 31.7. The summed E-state index contributed by atoms with van der Waals surface area (Å²) >= 11 is 13.0. The molecule has 2 fully saturated rings. The first-order valence-electron chi connectivity index (χ1n) is 15.4. The van der Waals surface area contributed by atoms with Gasteiger partial charge in [-0.2, -0.15) is 0 Å². The molecule has 5 heterocycles. The number of hydrogen-bond acceptors (Lipinski definition) is 9. The molecule has 0 saturated carbocycles. The molecule has 13 heteroatoms. The molecule has 1 aromatic carbocycles. The summed E-state index contributed by atoms with van der Waals surface area (Å²) in [6, 6.07) is 8.40. The molecule has 238 valence electrons. The fourth-order valence-electron chi connectivity index (χ4n) is 5.95. The van der Waals surface area contributed by atoms with E-state index in [0.29, 0.717) is 58.3 Å². The van der Waals surface area contributed by atoms with Crippen molar-refractivity contribution in [2.45, 2.75) is 51.4 Å². The monoisotopic (exact) mass is 652 g/mol. The molecule has 2 N–H and O–H groups in total. The molecule has 45 heavy (non-hydrogen) atoms. The molecule has 11 nitrogen and oxygen atoms in total. The molecule has 3 aromatic rings. The second kappa shape index (κ2) is 13.5. The highest BCUT2D eigenvalue weighted by Crippen LogP contribution is 2.33. The molecule has 3 aliphatic heterocycles. The van der Waals surface area contributed by atoms with Crippen molar-refractivity contribution in [1.82, 2.24) is 30.1 Å². The molecule has 0 unspecified atom stereocenters. The van der Waals surface area contributed by atoms with Crippen LogP contribution in [-0.2, 0) is 16.1 Å². The van der Waals surface area contributed by atoms with Gasteiger partial charge in [0.05, 0.1) is 33.7 Å². The Labute approximate surface area is 273 Å². The molecule has 0 radical (unpaired) electrons. The number of amides is 2. The van der Waals surface area contributed by atoms with Gasteiger partial charge in [-0.25, -0.2) is 15.0 Å². The Hall–Kier alpha value is -3.51. The van der Waals surface area contributed by atoms with Crippen LogP contribution >= 0.6 is 23.2 Å². The van der Waals surface area contributed by atoms with Gasteiger partial charge in [-0.1, -0.05) is 35.3 Å². The number of carbonyl (C=O) groups is 2. The molecule has 3 aliphatic rings. The standard InChI is InChI=1S/C32H38Cl2N8O3/c1-19(28-25(33)6-7-27(38-28)41-12-10-40(3)11-13-41)36-30(43)20(2)42-18-22-5-4-21(16-24(22)31(42)44)29-26(34)17-35-32(39-29)37-23-8-14-45-15-9-23/h4-7,16-17,19-20,23H,8-15,18H2,1-3H3,(H,36,43)(H,35,37,39)/t19-,20-/m1/s1. The molecule has 2 atom stereocenters. The zero-order valence-corrected chi connectivity index (χ0v) is 27.2. The maximum atomic E-state index is 13.6. The number of anilines is 2. The number of nitrogens with one attached hydrogen (secondary N) is 2. The van der Waals surface area contributed by atoms with Crippen molar-refractivity contribution < 1.29 is 14.3 Å². The van der Waals surface area contributed by atoms with Crippen molar-refractivity contribution in [3.63, 3.8) is 0 Å². The number of pyridine rings is 1. The normalized spacial score (nSPS) is 18.9. The number of carbonyl (C=O) groups excluding carboxylic acids is 2. The fourth-order valence-corrected chi connectivity index (χ4v) is 6.42. The van der Waals surface area contributed by atoms with E-state index in [1.54, 1.807) is 24.1 Å².